The monoisotopic (exact) mass is 419 g/mol. The van der Waals surface area contributed by atoms with Crippen molar-refractivity contribution >= 4 is 44.7 Å². The quantitative estimate of drug-likeness (QED) is 0.341. The number of hydrogen-bond acceptors (Lipinski definition) is 7. The Bertz CT molecular complexity index is 1130. The lowest BCUT2D eigenvalue weighted by Gasteiger charge is -2.06. The van der Waals surface area contributed by atoms with E-state index in [0.29, 0.717) is 28.0 Å². The van der Waals surface area contributed by atoms with Crippen molar-refractivity contribution in [2.24, 2.45) is 7.05 Å². The van der Waals surface area contributed by atoms with Crippen molar-refractivity contribution in [3.63, 3.8) is 0 Å². The third-order valence-electron chi connectivity index (χ3n) is 3.77. The molecule has 0 aliphatic heterocycles. The standard InChI is InChI=1S/C18H14FN3O2S3/c1-22-17(23)16-14(6-7-25-16)21-18(22)27-10-12-9-26-15(20-12)8-24-13-4-2-11(19)3-5-13/h2-7,9H,8,10H2,1H3. The van der Waals surface area contributed by atoms with Gasteiger partial charge in [-0.05, 0) is 35.7 Å². The molecule has 5 nitrogen and oxygen atoms in total. The zero-order valence-corrected chi connectivity index (χ0v) is 16.7. The summed E-state index contributed by atoms with van der Waals surface area (Å²) >= 11 is 4.40. The first-order chi connectivity index (χ1) is 13.1. The van der Waals surface area contributed by atoms with Gasteiger partial charge < -0.3 is 4.74 Å². The predicted molar refractivity (Wildman–Crippen MR) is 107 cm³/mol. The lowest BCUT2D eigenvalue weighted by molar-refractivity contribution is 0.305. The third-order valence-corrected chi connectivity index (χ3v) is 6.60. The molecule has 0 radical (unpaired) electrons. The minimum Gasteiger partial charge on any atom is -0.486 e. The van der Waals surface area contributed by atoms with Gasteiger partial charge in [-0.25, -0.2) is 14.4 Å². The number of hydrogen-bond donors (Lipinski definition) is 0. The molecule has 4 aromatic rings. The van der Waals surface area contributed by atoms with Crippen LogP contribution in [0.1, 0.15) is 10.7 Å². The highest BCUT2D eigenvalue weighted by molar-refractivity contribution is 7.98. The number of nitrogens with zero attached hydrogens (tertiary/aromatic N) is 3. The van der Waals surface area contributed by atoms with Gasteiger partial charge in [-0.1, -0.05) is 11.8 Å². The summed E-state index contributed by atoms with van der Waals surface area (Å²) in [5.41, 5.74) is 1.61. The molecule has 3 heterocycles. The van der Waals surface area contributed by atoms with Crippen LogP contribution in [0.4, 0.5) is 4.39 Å². The maximum Gasteiger partial charge on any atom is 0.271 e. The highest BCUT2D eigenvalue weighted by Crippen LogP contribution is 2.24. The minimum absolute atomic E-state index is 0.0239. The Morgan fingerprint density at radius 2 is 2.00 bits per heavy atom. The Balaban J connectivity index is 1.40. The van der Waals surface area contributed by atoms with E-state index < -0.39 is 0 Å². The molecule has 138 valence electrons. The van der Waals surface area contributed by atoms with Gasteiger partial charge in [0.15, 0.2) is 5.16 Å². The summed E-state index contributed by atoms with van der Waals surface area (Å²) in [7, 11) is 1.74. The van der Waals surface area contributed by atoms with E-state index >= 15 is 0 Å². The zero-order chi connectivity index (χ0) is 18.8. The summed E-state index contributed by atoms with van der Waals surface area (Å²) in [6.07, 6.45) is 0. The molecule has 0 bridgehead atoms. The first-order valence-corrected chi connectivity index (χ1v) is 10.7. The van der Waals surface area contributed by atoms with Crippen molar-refractivity contribution < 1.29 is 9.13 Å². The van der Waals surface area contributed by atoms with Crippen LogP contribution in [0.15, 0.2) is 51.0 Å². The molecule has 0 fully saturated rings. The molecule has 9 heteroatoms. The highest BCUT2D eigenvalue weighted by atomic mass is 32.2. The molecule has 1 aromatic carbocycles. The number of fused-ring (bicyclic) bond motifs is 1. The molecule has 0 atom stereocenters. The molecule has 0 aliphatic rings. The average Bonchev–Trinajstić information content (AvgIpc) is 3.32. The van der Waals surface area contributed by atoms with E-state index in [0.717, 1.165) is 16.2 Å². The lowest BCUT2D eigenvalue weighted by Crippen LogP contribution is -2.18. The summed E-state index contributed by atoms with van der Waals surface area (Å²) in [6, 6.07) is 7.76. The van der Waals surface area contributed by atoms with Gasteiger partial charge in [-0.15, -0.1) is 22.7 Å². The van der Waals surface area contributed by atoms with Gasteiger partial charge in [0.25, 0.3) is 5.56 Å². The number of thioether (sulfide) groups is 1. The van der Waals surface area contributed by atoms with Crippen LogP contribution in [-0.4, -0.2) is 14.5 Å². The Kier molecular flexibility index (Phi) is 5.24. The molecule has 0 aliphatic carbocycles. The van der Waals surface area contributed by atoms with E-state index in [1.807, 2.05) is 16.8 Å². The lowest BCUT2D eigenvalue weighted by atomic mass is 10.3. The van der Waals surface area contributed by atoms with Crippen LogP contribution in [0.5, 0.6) is 5.75 Å². The van der Waals surface area contributed by atoms with Crippen LogP contribution < -0.4 is 10.3 Å². The number of ether oxygens (including phenoxy) is 1. The predicted octanol–water partition coefficient (Wildman–Crippen LogP) is 4.46. The molecule has 0 unspecified atom stereocenters. The molecule has 0 spiro atoms. The normalized spacial score (nSPS) is 11.2. The van der Waals surface area contributed by atoms with Gasteiger partial charge in [0, 0.05) is 18.2 Å². The SMILES string of the molecule is Cn1c(SCc2csc(COc3ccc(F)cc3)n2)nc2ccsc2c1=O. The Labute approximate surface area is 166 Å². The molecule has 4 rings (SSSR count). The van der Waals surface area contributed by atoms with Crippen LogP contribution in [-0.2, 0) is 19.4 Å². The van der Waals surface area contributed by atoms with Crippen LogP contribution >= 0.6 is 34.4 Å². The topological polar surface area (TPSA) is 57.0 Å². The fraction of sp³-hybridized carbons (Fsp3) is 0.167. The number of benzene rings is 1. The number of thiazole rings is 1. The van der Waals surface area contributed by atoms with E-state index in [9.17, 15) is 9.18 Å². The second-order valence-electron chi connectivity index (χ2n) is 5.66. The molecule has 3 aromatic heterocycles. The average molecular weight is 420 g/mol. The van der Waals surface area contributed by atoms with Gasteiger partial charge in [-0.2, -0.15) is 0 Å². The summed E-state index contributed by atoms with van der Waals surface area (Å²) in [6.45, 7) is 0.332. The number of rotatable bonds is 6. The number of aromatic nitrogens is 3. The maximum atomic E-state index is 12.9. The maximum absolute atomic E-state index is 12.9. The second kappa shape index (κ2) is 7.79. The fourth-order valence-electron chi connectivity index (χ4n) is 2.39. The van der Waals surface area contributed by atoms with Crippen molar-refractivity contribution in [1.82, 2.24) is 14.5 Å². The van der Waals surface area contributed by atoms with Gasteiger partial charge >= 0.3 is 0 Å². The van der Waals surface area contributed by atoms with Crippen molar-refractivity contribution in [3.8, 4) is 5.75 Å². The summed E-state index contributed by atoms with van der Waals surface area (Å²) in [5.74, 6) is 0.925. The molecule has 0 saturated carbocycles. The molecule has 0 saturated heterocycles. The van der Waals surface area contributed by atoms with E-state index in [1.165, 1.54) is 46.6 Å². The first-order valence-electron chi connectivity index (χ1n) is 7.99. The summed E-state index contributed by atoms with van der Waals surface area (Å²) < 4.78 is 20.8. The number of halogens is 1. The number of thiophene rings is 1. The summed E-state index contributed by atoms with van der Waals surface area (Å²) in [5, 5.41) is 5.35. The Morgan fingerprint density at radius 3 is 2.81 bits per heavy atom. The molecule has 0 N–H and O–H groups in total. The van der Waals surface area contributed by atoms with Crippen LogP contribution in [0.25, 0.3) is 10.2 Å². The Morgan fingerprint density at radius 1 is 1.19 bits per heavy atom. The van der Waals surface area contributed by atoms with Crippen LogP contribution in [0, 0.1) is 5.82 Å². The van der Waals surface area contributed by atoms with Crippen molar-refractivity contribution in [2.45, 2.75) is 17.5 Å². The van der Waals surface area contributed by atoms with E-state index in [1.54, 1.807) is 23.7 Å². The van der Waals surface area contributed by atoms with E-state index in [2.05, 4.69) is 9.97 Å². The molecular formula is C18H14FN3O2S3. The fourth-order valence-corrected chi connectivity index (χ4v) is 4.87. The first kappa shape index (κ1) is 18.1. The van der Waals surface area contributed by atoms with Gasteiger partial charge in [0.05, 0.1) is 11.2 Å². The van der Waals surface area contributed by atoms with Crippen LogP contribution in [0.3, 0.4) is 0 Å². The molecule has 0 amide bonds. The largest absolute Gasteiger partial charge is 0.486 e. The third kappa shape index (κ3) is 4.05. The smallest absolute Gasteiger partial charge is 0.271 e. The van der Waals surface area contributed by atoms with Crippen molar-refractivity contribution in [3.05, 3.63) is 68.0 Å². The van der Waals surface area contributed by atoms with Crippen molar-refractivity contribution in [2.75, 3.05) is 0 Å². The van der Waals surface area contributed by atoms with E-state index in [-0.39, 0.29) is 11.4 Å². The minimum atomic E-state index is -0.292. The molecular weight excluding hydrogens is 405 g/mol. The second-order valence-corrected chi connectivity index (χ2v) is 8.46. The highest BCUT2D eigenvalue weighted by Gasteiger charge is 2.11. The zero-order valence-electron chi connectivity index (χ0n) is 14.2. The van der Waals surface area contributed by atoms with Crippen LogP contribution in [0.2, 0.25) is 0 Å². The molecule has 27 heavy (non-hydrogen) atoms. The van der Waals surface area contributed by atoms with Gasteiger partial charge in [0.2, 0.25) is 0 Å². The van der Waals surface area contributed by atoms with Crippen molar-refractivity contribution in [1.29, 1.82) is 0 Å². The van der Waals surface area contributed by atoms with E-state index in [4.69, 9.17) is 4.74 Å². The summed E-state index contributed by atoms with van der Waals surface area (Å²) in [4.78, 5) is 21.4. The Hall–Kier alpha value is -2.23. The van der Waals surface area contributed by atoms with Gasteiger partial charge in [-0.3, -0.25) is 9.36 Å². The van der Waals surface area contributed by atoms with Gasteiger partial charge in [0.1, 0.15) is 27.9 Å².